The number of phosphoric ester groups is 1. The number of quaternary nitrogens is 1. The van der Waals surface area contributed by atoms with Crippen LogP contribution in [0.2, 0.25) is 0 Å². The van der Waals surface area contributed by atoms with Gasteiger partial charge in [0.15, 0.2) is 0 Å². The van der Waals surface area contributed by atoms with Crippen molar-refractivity contribution in [1.82, 2.24) is 5.32 Å². The number of nitrogens with zero attached hydrogens (tertiary/aromatic N) is 1. The topological polar surface area (TPSA) is 108 Å². The lowest BCUT2D eigenvalue weighted by molar-refractivity contribution is -0.870. The van der Waals surface area contributed by atoms with Crippen LogP contribution < -0.4 is 10.2 Å². The van der Waals surface area contributed by atoms with Crippen molar-refractivity contribution in [2.75, 3.05) is 40.9 Å². The molecule has 3 atom stereocenters. The number of aliphatic hydroxyl groups excluding tert-OH is 1. The number of nitrogens with one attached hydrogen (secondary N) is 1. The summed E-state index contributed by atoms with van der Waals surface area (Å²) in [5.74, 6) is -0.224. The van der Waals surface area contributed by atoms with Crippen LogP contribution in [0.25, 0.3) is 0 Å². The van der Waals surface area contributed by atoms with Gasteiger partial charge in [0.05, 0.1) is 39.9 Å². The van der Waals surface area contributed by atoms with Gasteiger partial charge in [-0.2, -0.15) is 0 Å². The average molecular weight is 765 g/mol. The van der Waals surface area contributed by atoms with Crippen LogP contribution in [-0.4, -0.2) is 68.5 Å². The number of unbranched alkanes of at least 4 members (excludes halogenated alkanes) is 16. The predicted molar refractivity (Wildman–Crippen MR) is 224 cm³/mol. The van der Waals surface area contributed by atoms with E-state index in [2.05, 4.69) is 67.8 Å². The molecule has 0 radical (unpaired) electrons. The number of aliphatic hydroxyl groups is 1. The first-order valence-electron chi connectivity index (χ1n) is 21.2. The highest BCUT2D eigenvalue weighted by molar-refractivity contribution is 7.45. The molecule has 0 aromatic carbocycles. The standard InChI is InChI=1S/C44H81N2O6P/c1-6-8-10-12-14-16-18-20-21-22-23-24-26-28-30-32-34-36-38-44(48)45-42(41-52-53(49,50)51-40-39-46(3,4)5)43(47)37-35-33-31-29-27-25-19-17-15-13-11-9-7-2/h15-18,21-22,27,29,35,37,42-43,47H,6-14,19-20,23-26,28,30-34,36,38-41H2,1-5H3,(H-,45,48,49,50)/b17-15+,18-16-,22-21-,29-27+,37-35+. The van der Waals surface area contributed by atoms with Crippen molar-refractivity contribution in [3.8, 4) is 0 Å². The van der Waals surface area contributed by atoms with Crippen LogP contribution in [0.15, 0.2) is 60.8 Å². The monoisotopic (exact) mass is 765 g/mol. The molecule has 0 fully saturated rings. The maximum absolute atomic E-state index is 12.8. The Hall–Kier alpha value is -1.80. The minimum absolute atomic E-state index is 0.0131. The Kier molecular flexibility index (Phi) is 34.7. The van der Waals surface area contributed by atoms with Gasteiger partial charge in [0.1, 0.15) is 13.2 Å². The van der Waals surface area contributed by atoms with Gasteiger partial charge in [-0.25, -0.2) is 0 Å². The lowest BCUT2D eigenvalue weighted by Gasteiger charge is -2.29. The van der Waals surface area contributed by atoms with E-state index in [1.54, 1.807) is 6.08 Å². The first-order valence-corrected chi connectivity index (χ1v) is 22.6. The lowest BCUT2D eigenvalue weighted by Crippen LogP contribution is -2.45. The molecule has 0 aromatic heterocycles. The molecule has 0 saturated carbocycles. The van der Waals surface area contributed by atoms with Gasteiger partial charge in [-0.15, -0.1) is 0 Å². The summed E-state index contributed by atoms with van der Waals surface area (Å²) in [7, 11) is 1.22. The van der Waals surface area contributed by atoms with E-state index in [4.69, 9.17) is 9.05 Å². The van der Waals surface area contributed by atoms with E-state index in [-0.39, 0.29) is 12.5 Å². The van der Waals surface area contributed by atoms with Gasteiger partial charge < -0.3 is 28.8 Å². The fraction of sp³-hybridized carbons (Fsp3) is 0.750. The Balaban J connectivity index is 4.52. The molecule has 0 aromatic rings. The van der Waals surface area contributed by atoms with E-state index in [0.29, 0.717) is 17.4 Å². The summed E-state index contributed by atoms with van der Waals surface area (Å²) in [4.78, 5) is 25.2. The van der Waals surface area contributed by atoms with Crippen LogP contribution in [0.1, 0.15) is 162 Å². The van der Waals surface area contributed by atoms with Gasteiger partial charge in [0.25, 0.3) is 7.82 Å². The third kappa shape index (κ3) is 38.3. The number of hydrogen-bond donors (Lipinski definition) is 2. The van der Waals surface area contributed by atoms with Gasteiger partial charge in [0, 0.05) is 6.42 Å². The van der Waals surface area contributed by atoms with Crippen molar-refractivity contribution >= 4 is 13.7 Å². The average Bonchev–Trinajstić information content (AvgIpc) is 3.10. The molecular formula is C44H81N2O6P. The van der Waals surface area contributed by atoms with E-state index in [9.17, 15) is 19.4 Å². The van der Waals surface area contributed by atoms with Gasteiger partial charge in [0.2, 0.25) is 5.91 Å². The first-order chi connectivity index (χ1) is 25.5. The van der Waals surface area contributed by atoms with Gasteiger partial charge >= 0.3 is 0 Å². The van der Waals surface area contributed by atoms with Crippen molar-refractivity contribution < 1.29 is 32.9 Å². The second kappa shape index (κ2) is 35.9. The van der Waals surface area contributed by atoms with E-state index in [1.807, 2.05) is 27.2 Å². The molecule has 0 heterocycles. The molecule has 0 aliphatic heterocycles. The molecule has 0 saturated heterocycles. The number of hydrogen-bond acceptors (Lipinski definition) is 6. The van der Waals surface area contributed by atoms with E-state index < -0.39 is 26.6 Å². The van der Waals surface area contributed by atoms with Crippen LogP contribution in [-0.2, 0) is 18.4 Å². The van der Waals surface area contributed by atoms with E-state index >= 15 is 0 Å². The van der Waals surface area contributed by atoms with Crippen LogP contribution in [0.4, 0.5) is 0 Å². The summed E-state index contributed by atoms with van der Waals surface area (Å²) >= 11 is 0. The number of allylic oxidation sites excluding steroid dienone is 9. The molecule has 53 heavy (non-hydrogen) atoms. The van der Waals surface area contributed by atoms with E-state index in [0.717, 1.165) is 70.6 Å². The fourth-order valence-electron chi connectivity index (χ4n) is 5.51. The molecule has 9 heteroatoms. The normalized spacial score (nSPS) is 15.1. The molecule has 2 N–H and O–H groups in total. The highest BCUT2D eigenvalue weighted by atomic mass is 31.2. The van der Waals surface area contributed by atoms with Gasteiger partial charge in [-0.3, -0.25) is 9.36 Å². The minimum Gasteiger partial charge on any atom is -0.756 e. The molecule has 3 unspecified atom stereocenters. The fourth-order valence-corrected chi connectivity index (χ4v) is 6.23. The number of phosphoric acid groups is 1. The van der Waals surface area contributed by atoms with Crippen molar-refractivity contribution in [2.45, 2.75) is 174 Å². The second-order valence-electron chi connectivity index (χ2n) is 15.3. The van der Waals surface area contributed by atoms with Crippen molar-refractivity contribution in [2.24, 2.45) is 0 Å². The zero-order chi connectivity index (χ0) is 39.3. The van der Waals surface area contributed by atoms with Crippen LogP contribution in [0, 0.1) is 0 Å². The predicted octanol–water partition coefficient (Wildman–Crippen LogP) is 10.8. The zero-order valence-corrected chi connectivity index (χ0v) is 35.6. The maximum atomic E-state index is 12.8. The third-order valence-electron chi connectivity index (χ3n) is 8.93. The van der Waals surface area contributed by atoms with Crippen LogP contribution >= 0.6 is 7.82 Å². The Morgan fingerprint density at radius 1 is 0.660 bits per heavy atom. The van der Waals surface area contributed by atoms with Crippen LogP contribution in [0.3, 0.4) is 0 Å². The Labute approximate surface area is 326 Å². The molecule has 0 aliphatic carbocycles. The molecular weight excluding hydrogens is 683 g/mol. The zero-order valence-electron chi connectivity index (χ0n) is 34.7. The Morgan fingerprint density at radius 2 is 1.11 bits per heavy atom. The maximum Gasteiger partial charge on any atom is 0.268 e. The highest BCUT2D eigenvalue weighted by Crippen LogP contribution is 2.38. The number of likely N-dealkylation sites (N-methyl/N-ethyl adjacent to an activating group) is 1. The molecule has 0 rings (SSSR count). The molecule has 1 amide bonds. The minimum atomic E-state index is -4.60. The van der Waals surface area contributed by atoms with Crippen LogP contribution in [0.5, 0.6) is 0 Å². The summed E-state index contributed by atoms with van der Waals surface area (Å²) in [5, 5.41) is 13.7. The molecule has 8 nitrogen and oxygen atoms in total. The van der Waals surface area contributed by atoms with Crippen molar-refractivity contribution in [3.05, 3.63) is 60.8 Å². The molecule has 0 spiro atoms. The van der Waals surface area contributed by atoms with Crippen molar-refractivity contribution in [1.29, 1.82) is 0 Å². The largest absolute Gasteiger partial charge is 0.756 e. The smallest absolute Gasteiger partial charge is 0.268 e. The SMILES string of the molecule is CCCCC/C=C/CC/C=C/CC/C=C/C(O)C(COP(=O)([O-])OCC[N+](C)(C)C)NC(=O)CCCCCCCCC/C=C\C/C=C\CCCCCC. The van der Waals surface area contributed by atoms with Gasteiger partial charge in [-0.1, -0.05) is 139 Å². The van der Waals surface area contributed by atoms with Gasteiger partial charge in [-0.05, 0) is 77.0 Å². The molecule has 0 bridgehead atoms. The highest BCUT2D eigenvalue weighted by Gasteiger charge is 2.23. The summed E-state index contributed by atoms with van der Waals surface area (Å²) in [6.45, 7) is 4.53. The van der Waals surface area contributed by atoms with Crippen molar-refractivity contribution in [3.63, 3.8) is 0 Å². The number of amides is 1. The Morgan fingerprint density at radius 3 is 1.68 bits per heavy atom. The second-order valence-corrected chi connectivity index (χ2v) is 16.7. The quantitative estimate of drug-likeness (QED) is 0.0282. The first kappa shape index (κ1) is 51.2. The lowest BCUT2D eigenvalue weighted by atomic mass is 10.1. The molecule has 308 valence electrons. The molecule has 0 aliphatic rings. The summed E-state index contributed by atoms with van der Waals surface area (Å²) < 4.78 is 23.1. The number of rotatable bonds is 37. The number of carbonyl (C=O) groups is 1. The Bertz CT molecular complexity index is 1050. The van der Waals surface area contributed by atoms with E-state index in [1.165, 1.54) is 70.6 Å². The summed E-state index contributed by atoms with van der Waals surface area (Å²) in [5.41, 5.74) is 0. The summed E-state index contributed by atoms with van der Waals surface area (Å²) in [6, 6.07) is -0.914. The summed E-state index contributed by atoms with van der Waals surface area (Å²) in [6.07, 6.45) is 45.5. The number of carbonyl (C=O) groups excluding carboxylic acids is 1. The third-order valence-corrected chi connectivity index (χ3v) is 9.89.